The number of hydrogen-bond acceptors (Lipinski definition) is 2. The Labute approximate surface area is 111 Å². The van der Waals surface area contributed by atoms with Gasteiger partial charge in [0.25, 0.3) is 0 Å². The Balaban J connectivity index is 2.37. The molecule has 0 atom stereocenters. The third-order valence-corrected chi connectivity index (χ3v) is 3.32. The summed E-state index contributed by atoms with van der Waals surface area (Å²) in [5, 5.41) is 0. The topological polar surface area (TPSA) is 34.4 Å². The predicted molar refractivity (Wildman–Crippen MR) is 75.5 cm³/mol. The molecule has 3 nitrogen and oxygen atoms in total. The minimum Gasteiger partial charge on any atom is -0.299 e. The Morgan fingerprint density at radius 1 is 1.16 bits per heavy atom. The van der Waals surface area contributed by atoms with Gasteiger partial charge < -0.3 is 0 Å². The Hall–Kier alpha value is -2.42. The molecular formula is C16H14N2O. The molecule has 0 spiro atoms. The van der Waals surface area contributed by atoms with Crippen molar-refractivity contribution in [1.82, 2.24) is 9.38 Å². The lowest BCUT2D eigenvalue weighted by atomic mass is 10.1. The monoisotopic (exact) mass is 250 g/mol. The summed E-state index contributed by atoms with van der Waals surface area (Å²) in [4.78, 5) is 15.7. The van der Waals surface area contributed by atoms with Crippen molar-refractivity contribution in [3.8, 4) is 11.4 Å². The van der Waals surface area contributed by atoms with Crippen LogP contribution in [0.5, 0.6) is 0 Å². The van der Waals surface area contributed by atoms with Crippen molar-refractivity contribution in [3.05, 3.63) is 59.4 Å². The summed E-state index contributed by atoms with van der Waals surface area (Å²) in [6.45, 7) is 4.06. The summed E-state index contributed by atoms with van der Waals surface area (Å²) >= 11 is 0. The van der Waals surface area contributed by atoms with E-state index >= 15 is 0 Å². The van der Waals surface area contributed by atoms with Crippen molar-refractivity contribution in [2.45, 2.75) is 13.8 Å². The third-order valence-electron chi connectivity index (χ3n) is 3.32. The van der Waals surface area contributed by atoms with E-state index in [1.165, 1.54) is 0 Å². The highest BCUT2D eigenvalue weighted by atomic mass is 16.1. The highest BCUT2D eigenvalue weighted by Gasteiger charge is 2.13. The molecule has 0 N–H and O–H groups in total. The zero-order valence-corrected chi connectivity index (χ0v) is 10.9. The van der Waals surface area contributed by atoms with Gasteiger partial charge in [0.15, 0.2) is 6.29 Å². The van der Waals surface area contributed by atoms with E-state index in [4.69, 9.17) is 0 Å². The van der Waals surface area contributed by atoms with Crippen LogP contribution in [-0.4, -0.2) is 15.7 Å². The fourth-order valence-electron chi connectivity index (χ4n) is 2.31. The van der Waals surface area contributed by atoms with Crippen LogP contribution < -0.4 is 0 Å². The number of imidazole rings is 1. The maximum atomic E-state index is 11.2. The van der Waals surface area contributed by atoms with Crippen LogP contribution in [0.4, 0.5) is 0 Å². The molecule has 0 radical (unpaired) electrons. The molecule has 0 aliphatic rings. The fourth-order valence-corrected chi connectivity index (χ4v) is 2.31. The maximum absolute atomic E-state index is 11.2. The molecule has 1 aromatic carbocycles. The first-order valence-electron chi connectivity index (χ1n) is 6.20. The second-order valence-electron chi connectivity index (χ2n) is 4.71. The number of pyridine rings is 1. The highest BCUT2D eigenvalue weighted by molar-refractivity contribution is 5.86. The van der Waals surface area contributed by atoms with Crippen LogP contribution in [0.15, 0.2) is 42.6 Å². The molecule has 0 fully saturated rings. The summed E-state index contributed by atoms with van der Waals surface area (Å²) in [5.41, 5.74) is 4.66. The van der Waals surface area contributed by atoms with Gasteiger partial charge >= 0.3 is 0 Å². The number of carbonyl (C=O) groups is 1. The van der Waals surface area contributed by atoms with Crippen molar-refractivity contribution < 1.29 is 4.79 Å². The van der Waals surface area contributed by atoms with E-state index in [0.29, 0.717) is 5.69 Å². The first kappa shape index (κ1) is 11.7. The van der Waals surface area contributed by atoms with Gasteiger partial charge in [-0.25, -0.2) is 4.98 Å². The van der Waals surface area contributed by atoms with Crippen LogP contribution >= 0.6 is 0 Å². The molecule has 94 valence electrons. The van der Waals surface area contributed by atoms with Crippen molar-refractivity contribution in [1.29, 1.82) is 0 Å². The molecule has 0 unspecified atom stereocenters. The van der Waals surface area contributed by atoms with Crippen molar-refractivity contribution in [2.75, 3.05) is 0 Å². The van der Waals surface area contributed by atoms with E-state index in [1.807, 2.05) is 60.8 Å². The van der Waals surface area contributed by atoms with E-state index in [1.54, 1.807) is 0 Å². The standard InChI is InChI=1S/C16H14N2O/c1-11-7-8-18-15(9-11)14(10-19)17-16(18)13-6-4-3-5-12(13)2/h3-10H,1-2H3. The molecular weight excluding hydrogens is 236 g/mol. The van der Waals surface area contributed by atoms with Crippen LogP contribution in [0.25, 0.3) is 16.9 Å². The highest BCUT2D eigenvalue weighted by Crippen LogP contribution is 2.25. The van der Waals surface area contributed by atoms with Gasteiger partial charge in [-0.05, 0) is 37.1 Å². The van der Waals surface area contributed by atoms with Gasteiger partial charge in [-0.1, -0.05) is 24.3 Å². The van der Waals surface area contributed by atoms with Crippen molar-refractivity contribution in [2.24, 2.45) is 0 Å². The predicted octanol–water partition coefficient (Wildman–Crippen LogP) is 3.43. The average molecular weight is 250 g/mol. The molecule has 3 aromatic rings. The minimum absolute atomic E-state index is 0.488. The van der Waals surface area contributed by atoms with Crippen LogP contribution in [0.3, 0.4) is 0 Å². The molecule has 2 heterocycles. The van der Waals surface area contributed by atoms with E-state index in [0.717, 1.165) is 34.3 Å². The normalized spacial score (nSPS) is 10.8. The van der Waals surface area contributed by atoms with Crippen LogP contribution in [0.2, 0.25) is 0 Å². The molecule has 19 heavy (non-hydrogen) atoms. The lowest BCUT2D eigenvalue weighted by molar-refractivity contribution is 0.112. The zero-order valence-electron chi connectivity index (χ0n) is 10.9. The minimum atomic E-state index is 0.488. The van der Waals surface area contributed by atoms with Crippen molar-refractivity contribution in [3.63, 3.8) is 0 Å². The summed E-state index contributed by atoms with van der Waals surface area (Å²) in [5.74, 6) is 0.815. The summed E-state index contributed by atoms with van der Waals surface area (Å²) in [7, 11) is 0. The molecule has 0 saturated carbocycles. The lowest BCUT2D eigenvalue weighted by Gasteiger charge is -2.05. The SMILES string of the molecule is Cc1ccn2c(-c3ccccc3C)nc(C=O)c2c1. The second kappa shape index (κ2) is 4.35. The fraction of sp³-hybridized carbons (Fsp3) is 0.125. The van der Waals surface area contributed by atoms with Gasteiger partial charge in [0, 0.05) is 11.8 Å². The zero-order chi connectivity index (χ0) is 13.4. The summed E-state index contributed by atoms with van der Waals surface area (Å²) in [6, 6.07) is 12.1. The number of aryl methyl sites for hydroxylation is 2. The van der Waals surface area contributed by atoms with E-state index in [2.05, 4.69) is 4.98 Å². The Morgan fingerprint density at radius 3 is 2.68 bits per heavy atom. The van der Waals surface area contributed by atoms with Gasteiger partial charge in [0.05, 0.1) is 5.52 Å². The first-order chi connectivity index (χ1) is 9.20. The third kappa shape index (κ3) is 1.83. The number of aldehydes is 1. The molecule has 3 rings (SSSR count). The molecule has 0 bridgehead atoms. The van der Waals surface area contributed by atoms with Gasteiger partial charge in [0.1, 0.15) is 11.5 Å². The number of aromatic nitrogens is 2. The molecule has 0 amide bonds. The quantitative estimate of drug-likeness (QED) is 0.653. The van der Waals surface area contributed by atoms with Gasteiger partial charge in [0.2, 0.25) is 0 Å². The number of fused-ring (bicyclic) bond motifs is 1. The Morgan fingerprint density at radius 2 is 1.95 bits per heavy atom. The number of rotatable bonds is 2. The molecule has 0 aliphatic heterocycles. The van der Waals surface area contributed by atoms with Crippen LogP contribution in [0.1, 0.15) is 21.6 Å². The maximum Gasteiger partial charge on any atom is 0.170 e. The number of carbonyl (C=O) groups excluding carboxylic acids is 1. The summed E-state index contributed by atoms with van der Waals surface area (Å²) in [6.07, 6.45) is 2.78. The average Bonchev–Trinajstić information content (AvgIpc) is 2.77. The largest absolute Gasteiger partial charge is 0.299 e. The van der Waals surface area contributed by atoms with Gasteiger partial charge in [-0.2, -0.15) is 0 Å². The van der Waals surface area contributed by atoms with Gasteiger partial charge in [-0.3, -0.25) is 9.20 Å². The molecule has 3 heteroatoms. The smallest absolute Gasteiger partial charge is 0.170 e. The lowest BCUT2D eigenvalue weighted by Crippen LogP contribution is -1.91. The van der Waals surface area contributed by atoms with Gasteiger partial charge in [-0.15, -0.1) is 0 Å². The van der Waals surface area contributed by atoms with Crippen LogP contribution in [0, 0.1) is 13.8 Å². The number of hydrogen-bond donors (Lipinski definition) is 0. The molecule has 2 aromatic heterocycles. The second-order valence-corrected chi connectivity index (χ2v) is 4.71. The number of benzene rings is 1. The van der Waals surface area contributed by atoms with E-state index in [9.17, 15) is 4.79 Å². The molecule has 0 aliphatic carbocycles. The summed E-state index contributed by atoms with van der Waals surface area (Å²) < 4.78 is 1.97. The first-order valence-corrected chi connectivity index (χ1v) is 6.20. The Bertz CT molecular complexity index is 772. The van der Waals surface area contributed by atoms with Crippen LogP contribution in [-0.2, 0) is 0 Å². The Kier molecular flexibility index (Phi) is 2.67. The number of nitrogens with zero attached hydrogens (tertiary/aromatic N) is 2. The van der Waals surface area contributed by atoms with E-state index < -0.39 is 0 Å². The van der Waals surface area contributed by atoms with Crippen molar-refractivity contribution >= 4 is 11.8 Å². The van der Waals surface area contributed by atoms with E-state index in [-0.39, 0.29) is 0 Å². The molecule has 0 saturated heterocycles.